The first kappa shape index (κ1) is 11.4. The first-order valence-corrected chi connectivity index (χ1v) is 6.67. The van der Waals surface area contributed by atoms with Gasteiger partial charge in [0.15, 0.2) is 0 Å². The maximum Gasteiger partial charge on any atom is 0.0772 e. The van der Waals surface area contributed by atoms with E-state index in [4.69, 9.17) is 0 Å². The summed E-state index contributed by atoms with van der Waals surface area (Å²) in [5, 5.41) is 14.0. The normalized spacial score (nSPS) is 39.2. The highest BCUT2D eigenvalue weighted by molar-refractivity contribution is 4.93. The van der Waals surface area contributed by atoms with Crippen molar-refractivity contribution in [3.63, 3.8) is 0 Å². The van der Waals surface area contributed by atoms with Gasteiger partial charge in [0.1, 0.15) is 0 Å². The second kappa shape index (κ2) is 4.84. The van der Waals surface area contributed by atoms with Crippen molar-refractivity contribution < 1.29 is 5.11 Å². The van der Waals surface area contributed by atoms with Crippen molar-refractivity contribution in [1.82, 2.24) is 5.32 Å². The highest BCUT2D eigenvalue weighted by atomic mass is 16.3. The monoisotopic (exact) mass is 211 g/mol. The second-order valence-corrected chi connectivity index (χ2v) is 5.66. The summed E-state index contributed by atoms with van der Waals surface area (Å²) in [6, 6.07) is 1.02. The van der Waals surface area contributed by atoms with Gasteiger partial charge in [0.2, 0.25) is 0 Å². The number of rotatable bonds is 2. The van der Waals surface area contributed by atoms with Gasteiger partial charge in [0.25, 0.3) is 0 Å². The topological polar surface area (TPSA) is 32.3 Å². The van der Waals surface area contributed by atoms with Crippen molar-refractivity contribution in [2.45, 2.75) is 82.4 Å². The number of nitrogens with one attached hydrogen (secondary N) is 1. The molecule has 88 valence electrons. The lowest BCUT2D eigenvalue weighted by Gasteiger charge is -2.40. The maximum absolute atomic E-state index is 10.3. The third-order valence-corrected chi connectivity index (χ3v) is 4.22. The number of hydrogen-bond donors (Lipinski definition) is 2. The molecule has 0 amide bonds. The van der Waals surface area contributed by atoms with E-state index >= 15 is 0 Å². The molecule has 2 rings (SSSR count). The lowest BCUT2D eigenvalue weighted by atomic mass is 9.80. The van der Waals surface area contributed by atoms with Crippen molar-refractivity contribution in [2.75, 3.05) is 0 Å². The number of hydrogen-bond acceptors (Lipinski definition) is 2. The van der Waals surface area contributed by atoms with Gasteiger partial charge < -0.3 is 10.4 Å². The molecular weight excluding hydrogens is 186 g/mol. The van der Waals surface area contributed by atoms with Crippen molar-refractivity contribution >= 4 is 0 Å². The predicted molar refractivity (Wildman–Crippen MR) is 62.9 cm³/mol. The quantitative estimate of drug-likeness (QED) is 0.736. The first-order valence-electron chi connectivity index (χ1n) is 6.67. The summed E-state index contributed by atoms with van der Waals surface area (Å²) in [6.07, 6.45) is 11.4. The van der Waals surface area contributed by atoms with Crippen LogP contribution in [0.2, 0.25) is 0 Å². The molecule has 2 saturated carbocycles. The summed E-state index contributed by atoms with van der Waals surface area (Å²) in [4.78, 5) is 0. The fourth-order valence-electron chi connectivity index (χ4n) is 3.13. The van der Waals surface area contributed by atoms with Crippen LogP contribution in [0.5, 0.6) is 0 Å². The molecule has 0 aromatic heterocycles. The van der Waals surface area contributed by atoms with E-state index in [-0.39, 0.29) is 0 Å². The molecular formula is C13H25NO. The molecule has 2 unspecified atom stereocenters. The standard InChI is InChI=1S/C13H25NO/c1-13(15)10-6-5-9-12(13)14-11-7-3-2-4-8-11/h11-12,14-15H,2-10H2,1H3. The van der Waals surface area contributed by atoms with Gasteiger partial charge in [-0.25, -0.2) is 0 Å². The van der Waals surface area contributed by atoms with E-state index in [0.717, 1.165) is 12.8 Å². The zero-order chi connectivity index (χ0) is 10.7. The summed E-state index contributed by atoms with van der Waals surface area (Å²) < 4.78 is 0. The molecule has 0 aliphatic heterocycles. The largest absolute Gasteiger partial charge is 0.389 e. The van der Waals surface area contributed by atoms with Crippen LogP contribution in [-0.2, 0) is 0 Å². The Balaban J connectivity index is 1.85. The molecule has 0 aromatic carbocycles. The Kier molecular flexibility index (Phi) is 3.68. The summed E-state index contributed by atoms with van der Waals surface area (Å²) in [5.41, 5.74) is -0.463. The van der Waals surface area contributed by atoms with Crippen LogP contribution in [0.25, 0.3) is 0 Å². The Hall–Kier alpha value is -0.0800. The van der Waals surface area contributed by atoms with Crippen LogP contribution in [0, 0.1) is 0 Å². The molecule has 2 heteroatoms. The summed E-state index contributed by atoms with van der Waals surface area (Å²) in [5.74, 6) is 0. The Labute approximate surface area is 93.5 Å². The molecule has 0 heterocycles. The van der Waals surface area contributed by atoms with Crippen LogP contribution < -0.4 is 5.32 Å². The minimum absolute atomic E-state index is 0.342. The van der Waals surface area contributed by atoms with E-state index < -0.39 is 5.60 Å². The Morgan fingerprint density at radius 1 is 1.00 bits per heavy atom. The number of aliphatic hydroxyl groups is 1. The zero-order valence-electron chi connectivity index (χ0n) is 9.97. The fourth-order valence-corrected chi connectivity index (χ4v) is 3.13. The van der Waals surface area contributed by atoms with Crippen LogP contribution in [-0.4, -0.2) is 22.8 Å². The van der Waals surface area contributed by atoms with Crippen molar-refractivity contribution in [3.8, 4) is 0 Å². The van der Waals surface area contributed by atoms with Crippen LogP contribution >= 0.6 is 0 Å². The van der Waals surface area contributed by atoms with E-state index in [0.29, 0.717) is 12.1 Å². The zero-order valence-corrected chi connectivity index (χ0v) is 9.97. The van der Waals surface area contributed by atoms with Gasteiger partial charge in [0.05, 0.1) is 5.60 Å². The van der Waals surface area contributed by atoms with E-state index in [2.05, 4.69) is 5.32 Å². The first-order chi connectivity index (χ1) is 7.18. The molecule has 0 aromatic rings. The molecule has 15 heavy (non-hydrogen) atoms. The molecule has 0 bridgehead atoms. The van der Waals surface area contributed by atoms with Gasteiger partial charge in [-0.2, -0.15) is 0 Å². The molecule has 2 fully saturated rings. The fraction of sp³-hybridized carbons (Fsp3) is 1.00. The third kappa shape index (κ3) is 2.94. The third-order valence-electron chi connectivity index (χ3n) is 4.22. The summed E-state index contributed by atoms with van der Waals surface area (Å²) in [7, 11) is 0. The Bertz CT molecular complexity index is 197. The van der Waals surface area contributed by atoms with Gasteiger partial charge in [0, 0.05) is 12.1 Å². The van der Waals surface area contributed by atoms with Crippen LogP contribution in [0.1, 0.15) is 64.7 Å². The average Bonchev–Trinajstić information content (AvgIpc) is 2.23. The maximum atomic E-state index is 10.3. The smallest absolute Gasteiger partial charge is 0.0772 e. The lowest BCUT2D eigenvalue weighted by Crippen LogP contribution is -2.54. The summed E-state index contributed by atoms with van der Waals surface area (Å²) >= 11 is 0. The van der Waals surface area contributed by atoms with E-state index in [1.54, 1.807) is 0 Å². The molecule has 2 atom stereocenters. The highest BCUT2D eigenvalue weighted by Gasteiger charge is 2.35. The molecule has 0 spiro atoms. The van der Waals surface area contributed by atoms with E-state index in [1.807, 2.05) is 6.92 Å². The lowest BCUT2D eigenvalue weighted by molar-refractivity contribution is -0.0154. The van der Waals surface area contributed by atoms with Gasteiger partial charge in [-0.1, -0.05) is 32.1 Å². The molecule has 2 aliphatic carbocycles. The molecule has 0 saturated heterocycles. The van der Waals surface area contributed by atoms with Gasteiger partial charge in [-0.15, -0.1) is 0 Å². The van der Waals surface area contributed by atoms with Gasteiger partial charge in [-0.3, -0.25) is 0 Å². The minimum atomic E-state index is -0.463. The molecule has 2 nitrogen and oxygen atoms in total. The van der Waals surface area contributed by atoms with Gasteiger partial charge >= 0.3 is 0 Å². The average molecular weight is 211 g/mol. The Morgan fingerprint density at radius 3 is 2.33 bits per heavy atom. The molecule has 2 N–H and O–H groups in total. The van der Waals surface area contributed by atoms with Crippen LogP contribution in [0.15, 0.2) is 0 Å². The minimum Gasteiger partial charge on any atom is -0.389 e. The molecule has 0 radical (unpaired) electrons. The predicted octanol–water partition coefficient (Wildman–Crippen LogP) is 2.60. The molecule has 2 aliphatic rings. The van der Waals surface area contributed by atoms with Crippen molar-refractivity contribution in [2.24, 2.45) is 0 Å². The Morgan fingerprint density at radius 2 is 1.67 bits per heavy atom. The summed E-state index contributed by atoms with van der Waals surface area (Å²) in [6.45, 7) is 2.01. The van der Waals surface area contributed by atoms with Crippen molar-refractivity contribution in [3.05, 3.63) is 0 Å². The second-order valence-electron chi connectivity index (χ2n) is 5.66. The van der Waals surface area contributed by atoms with E-state index in [9.17, 15) is 5.11 Å². The van der Waals surface area contributed by atoms with E-state index in [1.165, 1.54) is 44.9 Å². The SMILES string of the molecule is CC1(O)CCCCC1NC1CCCCC1. The van der Waals surface area contributed by atoms with Crippen LogP contribution in [0.3, 0.4) is 0 Å². The van der Waals surface area contributed by atoms with Crippen molar-refractivity contribution in [1.29, 1.82) is 0 Å². The van der Waals surface area contributed by atoms with Gasteiger partial charge in [-0.05, 0) is 32.6 Å². The highest BCUT2D eigenvalue weighted by Crippen LogP contribution is 2.29. The van der Waals surface area contributed by atoms with Crippen LogP contribution in [0.4, 0.5) is 0 Å².